The average Bonchev–Trinajstić information content (AvgIpc) is 2.55. The molecule has 0 fully saturated rings. The van der Waals surface area contributed by atoms with E-state index in [2.05, 4.69) is 10.3 Å². The Morgan fingerprint density at radius 2 is 1.96 bits per heavy atom. The van der Waals surface area contributed by atoms with Crippen molar-refractivity contribution in [3.8, 4) is 0 Å². The standard InChI is InChI=1S/C18H15FN2O2/c1-2-23-18(22)16-11-20-17(15-9-4-3-8-14(15)16)21-13-7-5-6-12(19)10-13/h3-11H,2H2,1H3,(H,20,21). The molecule has 23 heavy (non-hydrogen) atoms. The van der Waals surface area contributed by atoms with Crippen molar-refractivity contribution >= 4 is 28.2 Å². The lowest BCUT2D eigenvalue weighted by Crippen LogP contribution is -2.07. The van der Waals surface area contributed by atoms with Gasteiger partial charge in [-0.1, -0.05) is 30.3 Å². The zero-order chi connectivity index (χ0) is 16.2. The van der Waals surface area contributed by atoms with E-state index >= 15 is 0 Å². The lowest BCUT2D eigenvalue weighted by Gasteiger charge is -2.11. The van der Waals surface area contributed by atoms with Gasteiger partial charge in [0.05, 0.1) is 12.2 Å². The number of halogens is 1. The summed E-state index contributed by atoms with van der Waals surface area (Å²) in [5.74, 6) is -0.185. The van der Waals surface area contributed by atoms with Crippen LogP contribution in [0.15, 0.2) is 54.7 Å². The van der Waals surface area contributed by atoms with Crippen LogP contribution in [0.5, 0.6) is 0 Å². The second kappa shape index (κ2) is 6.44. The number of fused-ring (bicyclic) bond motifs is 1. The lowest BCUT2D eigenvalue weighted by atomic mass is 10.1. The fourth-order valence-electron chi connectivity index (χ4n) is 2.37. The Hall–Kier alpha value is -2.95. The SMILES string of the molecule is CCOC(=O)c1cnc(Nc2cccc(F)c2)c2ccccc12. The molecule has 0 saturated carbocycles. The van der Waals surface area contributed by atoms with Crippen LogP contribution in [0.1, 0.15) is 17.3 Å². The molecule has 0 saturated heterocycles. The van der Waals surface area contributed by atoms with Crippen LogP contribution in [0.2, 0.25) is 0 Å². The van der Waals surface area contributed by atoms with Crippen LogP contribution in [-0.2, 0) is 4.74 Å². The van der Waals surface area contributed by atoms with Crippen molar-refractivity contribution in [1.82, 2.24) is 4.98 Å². The van der Waals surface area contributed by atoms with Gasteiger partial charge in [-0.2, -0.15) is 0 Å². The van der Waals surface area contributed by atoms with Gasteiger partial charge in [0.25, 0.3) is 0 Å². The molecule has 3 rings (SSSR count). The number of hydrogen-bond donors (Lipinski definition) is 1. The number of rotatable bonds is 4. The van der Waals surface area contributed by atoms with Crippen molar-refractivity contribution < 1.29 is 13.9 Å². The van der Waals surface area contributed by atoms with E-state index in [4.69, 9.17) is 4.74 Å². The largest absolute Gasteiger partial charge is 0.462 e. The van der Waals surface area contributed by atoms with Gasteiger partial charge >= 0.3 is 5.97 Å². The first-order chi connectivity index (χ1) is 11.2. The number of pyridine rings is 1. The molecule has 1 N–H and O–H groups in total. The van der Waals surface area contributed by atoms with E-state index in [1.165, 1.54) is 18.3 Å². The maximum atomic E-state index is 13.3. The number of anilines is 2. The second-order valence-electron chi connectivity index (χ2n) is 4.92. The molecule has 1 heterocycles. The summed E-state index contributed by atoms with van der Waals surface area (Å²) >= 11 is 0. The predicted molar refractivity (Wildman–Crippen MR) is 87.4 cm³/mol. The maximum Gasteiger partial charge on any atom is 0.340 e. The first kappa shape index (κ1) is 15.0. The van der Waals surface area contributed by atoms with Crippen LogP contribution < -0.4 is 5.32 Å². The summed E-state index contributed by atoms with van der Waals surface area (Å²) in [4.78, 5) is 16.3. The first-order valence-corrected chi connectivity index (χ1v) is 7.26. The van der Waals surface area contributed by atoms with Crippen LogP contribution in [-0.4, -0.2) is 17.6 Å². The van der Waals surface area contributed by atoms with Gasteiger partial charge in [0.15, 0.2) is 0 Å². The van der Waals surface area contributed by atoms with Gasteiger partial charge in [-0.05, 0) is 25.1 Å². The third kappa shape index (κ3) is 3.13. The molecule has 116 valence electrons. The van der Waals surface area contributed by atoms with E-state index in [0.717, 1.165) is 10.8 Å². The average molecular weight is 310 g/mol. The number of esters is 1. The minimum atomic E-state index is -0.409. The highest BCUT2D eigenvalue weighted by atomic mass is 19.1. The van der Waals surface area contributed by atoms with Crippen LogP contribution >= 0.6 is 0 Å². The van der Waals surface area contributed by atoms with Crippen molar-refractivity contribution in [3.63, 3.8) is 0 Å². The number of carbonyl (C=O) groups is 1. The van der Waals surface area contributed by atoms with E-state index in [0.29, 0.717) is 23.7 Å². The van der Waals surface area contributed by atoms with E-state index in [1.807, 2.05) is 24.3 Å². The molecule has 0 unspecified atom stereocenters. The van der Waals surface area contributed by atoms with Crippen LogP contribution in [0.4, 0.5) is 15.9 Å². The molecule has 0 amide bonds. The van der Waals surface area contributed by atoms with Gasteiger partial charge in [-0.15, -0.1) is 0 Å². The Morgan fingerprint density at radius 1 is 1.17 bits per heavy atom. The van der Waals surface area contributed by atoms with Crippen molar-refractivity contribution in [2.45, 2.75) is 6.92 Å². The minimum Gasteiger partial charge on any atom is -0.462 e. The fourth-order valence-corrected chi connectivity index (χ4v) is 2.37. The highest BCUT2D eigenvalue weighted by Gasteiger charge is 2.14. The lowest BCUT2D eigenvalue weighted by molar-refractivity contribution is 0.0528. The quantitative estimate of drug-likeness (QED) is 0.730. The Labute approximate surface area is 132 Å². The molecule has 3 aromatic rings. The van der Waals surface area contributed by atoms with Crippen molar-refractivity contribution in [3.05, 3.63) is 66.1 Å². The maximum absolute atomic E-state index is 13.3. The summed E-state index contributed by atoms with van der Waals surface area (Å²) in [6.07, 6.45) is 1.47. The molecular weight excluding hydrogens is 295 g/mol. The van der Waals surface area contributed by atoms with Gasteiger partial charge in [0.1, 0.15) is 11.6 Å². The Balaban J connectivity index is 2.06. The predicted octanol–water partition coefficient (Wildman–Crippen LogP) is 4.29. The zero-order valence-electron chi connectivity index (χ0n) is 12.5. The topological polar surface area (TPSA) is 51.2 Å². The van der Waals surface area contributed by atoms with Gasteiger partial charge in [0.2, 0.25) is 0 Å². The summed E-state index contributed by atoms with van der Waals surface area (Å²) < 4.78 is 18.4. The number of carbonyl (C=O) groups excluding carboxylic acids is 1. The summed E-state index contributed by atoms with van der Waals surface area (Å²) in [6, 6.07) is 13.5. The first-order valence-electron chi connectivity index (χ1n) is 7.26. The van der Waals surface area contributed by atoms with Crippen LogP contribution in [0.3, 0.4) is 0 Å². The number of hydrogen-bond acceptors (Lipinski definition) is 4. The van der Waals surface area contributed by atoms with Crippen LogP contribution in [0.25, 0.3) is 10.8 Å². The van der Waals surface area contributed by atoms with Gasteiger partial charge in [-0.25, -0.2) is 14.2 Å². The van der Waals surface area contributed by atoms with E-state index in [1.54, 1.807) is 19.1 Å². The number of aromatic nitrogens is 1. The molecular formula is C18H15FN2O2. The molecule has 0 radical (unpaired) electrons. The summed E-state index contributed by atoms with van der Waals surface area (Å²) in [5.41, 5.74) is 0.999. The third-order valence-electron chi connectivity index (χ3n) is 3.38. The van der Waals surface area contributed by atoms with Gasteiger partial charge < -0.3 is 10.1 Å². The Bertz CT molecular complexity index is 865. The van der Waals surface area contributed by atoms with E-state index in [9.17, 15) is 9.18 Å². The monoisotopic (exact) mass is 310 g/mol. The Morgan fingerprint density at radius 3 is 2.70 bits per heavy atom. The third-order valence-corrected chi connectivity index (χ3v) is 3.38. The molecule has 4 nitrogen and oxygen atoms in total. The second-order valence-corrected chi connectivity index (χ2v) is 4.92. The molecule has 0 bridgehead atoms. The van der Waals surface area contributed by atoms with Crippen molar-refractivity contribution in [1.29, 1.82) is 0 Å². The fraction of sp³-hybridized carbons (Fsp3) is 0.111. The number of nitrogens with zero attached hydrogens (tertiary/aromatic N) is 1. The highest BCUT2D eigenvalue weighted by molar-refractivity contribution is 6.07. The summed E-state index contributed by atoms with van der Waals surface area (Å²) in [6.45, 7) is 2.06. The molecule has 5 heteroatoms. The highest BCUT2D eigenvalue weighted by Crippen LogP contribution is 2.27. The normalized spacial score (nSPS) is 10.5. The smallest absolute Gasteiger partial charge is 0.340 e. The summed E-state index contributed by atoms with van der Waals surface area (Å²) in [7, 11) is 0. The summed E-state index contributed by atoms with van der Waals surface area (Å²) in [5, 5.41) is 4.58. The van der Waals surface area contributed by atoms with Gasteiger partial charge in [0, 0.05) is 22.7 Å². The van der Waals surface area contributed by atoms with E-state index < -0.39 is 5.97 Å². The minimum absolute atomic E-state index is 0.302. The molecule has 0 aliphatic heterocycles. The molecule has 1 aromatic heterocycles. The number of nitrogens with one attached hydrogen (secondary N) is 1. The molecule has 2 aromatic carbocycles. The molecule has 0 aliphatic rings. The molecule has 0 spiro atoms. The zero-order valence-corrected chi connectivity index (χ0v) is 12.5. The van der Waals surface area contributed by atoms with Crippen molar-refractivity contribution in [2.75, 3.05) is 11.9 Å². The molecule has 0 aliphatic carbocycles. The van der Waals surface area contributed by atoms with Crippen molar-refractivity contribution in [2.24, 2.45) is 0 Å². The van der Waals surface area contributed by atoms with Crippen LogP contribution in [0, 0.1) is 5.82 Å². The van der Waals surface area contributed by atoms with E-state index in [-0.39, 0.29) is 5.82 Å². The number of ether oxygens (including phenoxy) is 1. The Kier molecular flexibility index (Phi) is 4.19. The number of benzene rings is 2. The molecule has 0 atom stereocenters. The van der Waals surface area contributed by atoms with Gasteiger partial charge in [-0.3, -0.25) is 0 Å².